The number of nitrogens with zero attached hydrogens (tertiary/aromatic N) is 1. The van der Waals surface area contributed by atoms with E-state index in [4.69, 9.17) is 11.6 Å². The lowest BCUT2D eigenvalue weighted by molar-refractivity contribution is 1.25. The van der Waals surface area contributed by atoms with E-state index in [1.807, 2.05) is 37.3 Å². The van der Waals surface area contributed by atoms with Crippen molar-refractivity contribution in [3.8, 4) is 0 Å². The van der Waals surface area contributed by atoms with E-state index in [1.165, 1.54) is 0 Å². The second kappa shape index (κ2) is 4.85. The lowest BCUT2D eigenvalue weighted by atomic mass is 10.3. The number of nitrogens with one attached hydrogen (secondary N) is 1. The van der Waals surface area contributed by atoms with Crippen LogP contribution in [0.1, 0.15) is 5.56 Å². The Morgan fingerprint density at radius 2 is 2.12 bits per heavy atom. The number of aromatic nitrogens is 1. The Labute approximate surface area is 108 Å². The first kappa shape index (κ1) is 11.4. The van der Waals surface area contributed by atoms with Crippen LogP contribution < -0.4 is 5.32 Å². The van der Waals surface area contributed by atoms with Gasteiger partial charge in [-0.15, -0.1) is 0 Å². The molecule has 1 aromatic heterocycles. The van der Waals surface area contributed by atoms with Gasteiger partial charge in [-0.1, -0.05) is 17.7 Å². The van der Waals surface area contributed by atoms with Gasteiger partial charge in [0.2, 0.25) is 0 Å². The molecule has 0 unspecified atom stereocenters. The molecule has 0 amide bonds. The van der Waals surface area contributed by atoms with Gasteiger partial charge in [-0.2, -0.15) is 0 Å². The van der Waals surface area contributed by atoms with Crippen molar-refractivity contribution in [3.63, 3.8) is 0 Å². The molecule has 82 valence electrons. The van der Waals surface area contributed by atoms with Crippen LogP contribution in [0.3, 0.4) is 0 Å². The number of hydrogen-bond donors (Lipinski definition) is 1. The molecule has 2 nitrogen and oxygen atoms in total. The zero-order valence-corrected chi connectivity index (χ0v) is 11.0. The Bertz CT molecular complexity index is 514. The van der Waals surface area contributed by atoms with Crippen molar-refractivity contribution in [1.82, 2.24) is 4.98 Å². The first-order chi connectivity index (χ1) is 7.65. The maximum absolute atomic E-state index is 5.90. The van der Waals surface area contributed by atoms with E-state index in [0.717, 1.165) is 21.5 Å². The van der Waals surface area contributed by atoms with Crippen LogP contribution in [0.5, 0.6) is 0 Å². The quantitative estimate of drug-likeness (QED) is 0.879. The predicted octanol–water partition coefficient (Wildman–Crippen LogP) is 4.55. The summed E-state index contributed by atoms with van der Waals surface area (Å²) in [5.74, 6) is 0.808. The average Bonchev–Trinajstić information content (AvgIpc) is 2.24. The van der Waals surface area contributed by atoms with Gasteiger partial charge in [0.05, 0.1) is 0 Å². The fourth-order valence-electron chi connectivity index (χ4n) is 1.32. The molecule has 0 saturated carbocycles. The van der Waals surface area contributed by atoms with Gasteiger partial charge < -0.3 is 5.32 Å². The van der Waals surface area contributed by atoms with Crippen LogP contribution in [0.15, 0.2) is 41.0 Å². The lowest BCUT2D eigenvalue weighted by Gasteiger charge is -2.07. The Balaban J connectivity index is 2.24. The molecule has 2 rings (SSSR count). The summed E-state index contributed by atoms with van der Waals surface area (Å²) >= 11 is 9.31. The topological polar surface area (TPSA) is 24.9 Å². The van der Waals surface area contributed by atoms with Gasteiger partial charge in [-0.3, -0.25) is 0 Å². The van der Waals surface area contributed by atoms with Crippen molar-refractivity contribution < 1.29 is 0 Å². The first-order valence-corrected chi connectivity index (χ1v) is 5.97. The number of rotatable bonds is 2. The third-order valence-corrected chi connectivity index (χ3v) is 3.21. The molecule has 0 saturated heterocycles. The third-order valence-electron chi connectivity index (χ3n) is 2.14. The molecular weight excluding hydrogens is 288 g/mol. The van der Waals surface area contributed by atoms with Crippen molar-refractivity contribution >= 4 is 39.0 Å². The fourth-order valence-corrected chi connectivity index (χ4v) is 1.73. The van der Waals surface area contributed by atoms with Gasteiger partial charge in [-0.05, 0) is 52.7 Å². The van der Waals surface area contributed by atoms with E-state index in [9.17, 15) is 0 Å². The van der Waals surface area contributed by atoms with Crippen LogP contribution in [0.2, 0.25) is 5.02 Å². The summed E-state index contributed by atoms with van der Waals surface area (Å²) in [5.41, 5.74) is 2.07. The molecule has 0 aliphatic carbocycles. The van der Waals surface area contributed by atoms with Crippen molar-refractivity contribution in [3.05, 3.63) is 51.6 Å². The van der Waals surface area contributed by atoms with Crippen LogP contribution in [0.25, 0.3) is 0 Å². The summed E-state index contributed by atoms with van der Waals surface area (Å²) in [7, 11) is 0. The maximum Gasteiger partial charge on any atom is 0.130 e. The monoisotopic (exact) mass is 296 g/mol. The van der Waals surface area contributed by atoms with Crippen LogP contribution in [-0.4, -0.2) is 4.98 Å². The van der Waals surface area contributed by atoms with E-state index >= 15 is 0 Å². The summed E-state index contributed by atoms with van der Waals surface area (Å²) in [4.78, 5) is 4.26. The largest absolute Gasteiger partial charge is 0.340 e. The molecular formula is C12H10BrClN2. The Morgan fingerprint density at radius 3 is 2.81 bits per heavy atom. The molecule has 0 radical (unpaired) electrons. The third kappa shape index (κ3) is 2.74. The van der Waals surface area contributed by atoms with Crippen LogP contribution in [0.4, 0.5) is 11.5 Å². The summed E-state index contributed by atoms with van der Waals surface area (Å²) in [6.45, 7) is 2.02. The summed E-state index contributed by atoms with van der Waals surface area (Å²) < 4.78 is 1.00. The van der Waals surface area contributed by atoms with Gasteiger partial charge in [0.15, 0.2) is 0 Å². The van der Waals surface area contributed by atoms with E-state index in [2.05, 4.69) is 26.2 Å². The fraction of sp³-hybridized carbons (Fsp3) is 0.0833. The Morgan fingerprint density at radius 1 is 1.31 bits per heavy atom. The number of halogens is 2. The number of aryl methyl sites for hydroxylation is 1. The zero-order valence-electron chi connectivity index (χ0n) is 8.67. The molecule has 2 aromatic rings. The number of anilines is 2. The summed E-state index contributed by atoms with van der Waals surface area (Å²) in [6, 6.07) is 9.53. The van der Waals surface area contributed by atoms with Crippen molar-refractivity contribution in [2.45, 2.75) is 6.92 Å². The van der Waals surface area contributed by atoms with Crippen LogP contribution in [-0.2, 0) is 0 Å². The smallest absolute Gasteiger partial charge is 0.130 e. The van der Waals surface area contributed by atoms with E-state index < -0.39 is 0 Å². The van der Waals surface area contributed by atoms with E-state index in [1.54, 1.807) is 6.20 Å². The number of hydrogen-bond acceptors (Lipinski definition) is 2. The minimum absolute atomic E-state index is 0.707. The standard InChI is InChI=1S/C12H10BrClN2/c1-8-5-12(15-7-11(8)13)16-10-4-2-3-9(14)6-10/h2-7H,1H3,(H,15,16). The molecule has 0 atom stereocenters. The van der Waals surface area contributed by atoms with Crippen molar-refractivity contribution in [2.24, 2.45) is 0 Å². The second-order valence-electron chi connectivity index (χ2n) is 3.45. The van der Waals surface area contributed by atoms with Crippen molar-refractivity contribution in [1.29, 1.82) is 0 Å². The highest BCUT2D eigenvalue weighted by Crippen LogP contribution is 2.22. The van der Waals surface area contributed by atoms with Gasteiger partial charge in [0.25, 0.3) is 0 Å². The molecule has 0 fully saturated rings. The highest BCUT2D eigenvalue weighted by Gasteiger charge is 1.99. The molecule has 0 aliphatic heterocycles. The van der Waals surface area contributed by atoms with Gasteiger partial charge in [0.1, 0.15) is 5.82 Å². The van der Waals surface area contributed by atoms with E-state index in [-0.39, 0.29) is 0 Å². The molecule has 4 heteroatoms. The number of benzene rings is 1. The normalized spacial score (nSPS) is 10.2. The zero-order chi connectivity index (χ0) is 11.5. The van der Waals surface area contributed by atoms with Crippen LogP contribution in [0, 0.1) is 6.92 Å². The Kier molecular flexibility index (Phi) is 3.46. The minimum atomic E-state index is 0.707. The van der Waals surface area contributed by atoms with Crippen LogP contribution >= 0.6 is 27.5 Å². The van der Waals surface area contributed by atoms with Gasteiger partial charge in [0, 0.05) is 21.4 Å². The van der Waals surface area contributed by atoms with E-state index in [0.29, 0.717) is 5.02 Å². The molecule has 16 heavy (non-hydrogen) atoms. The summed E-state index contributed by atoms with van der Waals surface area (Å²) in [5, 5.41) is 3.90. The summed E-state index contributed by atoms with van der Waals surface area (Å²) in [6.07, 6.45) is 1.78. The highest BCUT2D eigenvalue weighted by atomic mass is 79.9. The first-order valence-electron chi connectivity index (χ1n) is 4.80. The maximum atomic E-state index is 5.90. The second-order valence-corrected chi connectivity index (χ2v) is 4.74. The predicted molar refractivity (Wildman–Crippen MR) is 71.4 cm³/mol. The minimum Gasteiger partial charge on any atom is -0.340 e. The molecule has 1 heterocycles. The molecule has 0 bridgehead atoms. The van der Waals surface area contributed by atoms with Crippen molar-refractivity contribution in [2.75, 3.05) is 5.32 Å². The van der Waals surface area contributed by atoms with Gasteiger partial charge >= 0.3 is 0 Å². The molecule has 0 aliphatic rings. The Hall–Kier alpha value is -1.06. The van der Waals surface area contributed by atoms with Gasteiger partial charge in [-0.25, -0.2) is 4.98 Å². The average molecular weight is 298 g/mol. The highest BCUT2D eigenvalue weighted by molar-refractivity contribution is 9.10. The molecule has 1 aromatic carbocycles. The molecule has 0 spiro atoms. The number of pyridine rings is 1. The lowest BCUT2D eigenvalue weighted by Crippen LogP contribution is -1.94. The SMILES string of the molecule is Cc1cc(Nc2cccc(Cl)c2)ncc1Br. The molecule has 1 N–H and O–H groups in total.